The molecule has 3 rings (SSSR count). The minimum Gasteiger partial charge on any atom is -0.386 e. The Bertz CT molecular complexity index is 2130. The topological polar surface area (TPSA) is 381 Å². The van der Waals surface area contributed by atoms with Crippen LogP contribution in [0.2, 0.25) is 0 Å². The summed E-state index contributed by atoms with van der Waals surface area (Å²) in [7, 11) is -16.5. The van der Waals surface area contributed by atoms with Gasteiger partial charge in [0.05, 0.1) is 26.0 Å². The lowest BCUT2D eigenvalue weighted by atomic mass is 9.87. The highest BCUT2D eigenvalue weighted by molar-refractivity contribution is 8.13. The van der Waals surface area contributed by atoms with E-state index in [4.69, 9.17) is 19.5 Å². The number of phosphoric acid groups is 3. The van der Waals surface area contributed by atoms with Gasteiger partial charge >= 0.3 is 23.5 Å². The number of aromatic nitrogens is 4. The molecule has 0 saturated carbocycles. The van der Waals surface area contributed by atoms with Gasteiger partial charge in [0.25, 0.3) is 0 Å². The van der Waals surface area contributed by atoms with Gasteiger partial charge in [-0.3, -0.25) is 37.3 Å². The number of rotatable bonds is 34. The molecule has 1 fully saturated rings. The highest BCUT2D eigenvalue weighted by Gasteiger charge is 2.50. The minimum atomic E-state index is -5.59. The first-order valence-electron chi connectivity index (χ1n) is 22.2. The summed E-state index contributed by atoms with van der Waals surface area (Å²) < 4.78 is 62.4. The summed E-state index contributed by atoms with van der Waals surface area (Å²) in [4.78, 5) is 101. The van der Waals surface area contributed by atoms with E-state index in [-0.39, 0.29) is 59.6 Å². The molecule has 68 heavy (non-hydrogen) atoms. The van der Waals surface area contributed by atoms with Crippen molar-refractivity contribution < 1.29 is 85.3 Å². The second-order valence-electron chi connectivity index (χ2n) is 16.6. The number of carbonyl (C=O) groups excluding carboxylic acids is 4. The lowest BCUT2D eigenvalue weighted by Crippen LogP contribution is -2.46. The monoisotopic (exact) mass is 1050 g/mol. The summed E-state index contributed by atoms with van der Waals surface area (Å²) in [5, 5.41) is 26.2. The fourth-order valence-corrected chi connectivity index (χ4v) is 10.2. The number of nitrogens with two attached hydrogens (primary N) is 1. The third-order valence-electron chi connectivity index (χ3n) is 10.3. The van der Waals surface area contributed by atoms with E-state index in [2.05, 4.69) is 53.5 Å². The van der Waals surface area contributed by atoms with Crippen molar-refractivity contribution in [3.63, 3.8) is 0 Å². The van der Waals surface area contributed by atoms with Crippen molar-refractivity contribution in [2.75, 3.05) is 37.8 Å². The molecule has 10 N–H and O–H groups in total. The van der Waals surface area contributed by atoms with Crippen LogP contribution in [0.3, 0.4) is 0 Å². The average molecular weight is 1050 g/mol. The highest BCUT2D eigenvalue weighted by atomic mass is 32.2. The number of nitrogens with zero attached hydrogens (tertiary/aromatic N) is 4. The molecule has 2 aromatic heterocycles. The fraction of sp³-hybridized carbons (Fsp3) is 0.718. The van der Waals surface area contributed by atoms with Gasteiger partial charge in [0.15, 0.2) is 22.8 Å². The molecule has 1 aliphatic heterocycles. The zero-order chi connectivity index (χ0) is 50.5. The predicted molar refractivity (Wildman–Crippen MR) is 247 cm³/mol. The predicted octanol–water partition coefficient (Wildman–Crippen LogP) is 3.88. The van der Waals surface area contributed by atoms with Crippen LogP contribution in [0.15, 0.2) is 24.8 Å². The molecule has 386 valence electrons. The standard InChI is InChI=1S/C39H66N7O18P3S/c1-4-5-6-7-8-9-10-11-12-13-14-15-16-17-27(47)22-30(49)68-21-20-41-29(48)18-19-42-37(52)34(51)39(2,3)24-61-67(58,59)64-66(56,57)60-23-28-33(63-65(53,54)55)32(50)38(62-28)46-26-45-31-35(40)43-25-44-36(31)46/h11-12,25-26,28,32-34,38,50-51H,4-10,13-24H2,1-3H3,(H,41,48)(H,42,52)(H,56,57)(H,58,59)(H2,40,43,44)(H2,53,54,55)/b12-11-/t28-,32-,33-,34+,38-/m1/s1. The van der Waals surface area contributed by atoms with Crippen LogP contribution in [0.1, 0.15) is 117 Å². The van der Waals surface area contributed by atoms with Crippen LogP contribution < -0.4 is 16.4 Å². The molecule has 0 spiro atoms. The summed E-state index contributed by atoms with van der Waals surface area (Å²) in [5.41, 5.74) is 4.24. The molecule has 3 heterocycles. The van der Waals surface area contributed by atoms with Gasteiger partial charge in [-0.25, -0.2) is 28.6 Å². The molecule has 1 saturated heterocycles. The van der Waals surface area contributed by atoms with E-state index in [1.54, 1.807) is 0 Å². The number of ether oxygens (including phenoxy) is 1. The first kappa shape index (κ1) is 59.3. The molecule has 25 nitrogen and oxygen atoms in total. The van der Waals surface area contributed by atoms with Gasteiger partial charge in [-0.15, -0.1) is 0 Å². The van der Waals surface area contributed by atoms with Crippen LogP contribution in [0, 0.1) is 5.41 Å². The Morgan fingerprint density at radius 3 is 2.24 bits per heavy atom. The Morgan fingerprint density at radius 2 is 1.56 bits per heavy atom. The summed E-state index contributed by atoms with van der Waals surface area (Å²) in [6, 6.07) is 0. The number of Topliss-reactive ketones (excluding diaryl/α,β-unsaturated/α-hetero) is 1. The lowest BCUT2D eigenvalue weighted by Gasteiger charge is -2.30. The second kappa shape index (κ2) is 28.7. The smallest absolute Gasteiger partial charge is 0.386 e. The first-order chi connectivity index (χ1) is 31.9. The van der Waals surface area contributed by atoms with Crippen LogP contribution in [-0.2, 0) is 55.5 Å². The lowest BCUT2D eigenvalue weighted by molar-refractivity contribution is -0.137. The van der Waals surface area contributed by atoms with E-state index in [0.29, 0.717) is 6.42 Å². The number of ketones is 1. The van der Waals surface area contributed by atoms with Crippen molar-refractivity contribution in [3.8, 4) is 0 Å². The SMILES string of the molecule is CCCCCCCC/C=C\CCCCCC(=O)CC(=O)SCCNC(=O)CCNC(=O)[C@H](O)C(C)(C)COP(=O)(O)OP(=O)(O)OC[C@H]1O[C@@H](n2cnc3c(N)ncnc32)[C@H](O)[C@@H]1OP(=O)(O)O. The van der Waals surface area contributed by atoms with Gasteiger partial charge in [-0.05, 0) is 32.1 Å². The average Bonchev–Trinajstić information content (AvgIpc) is 3.82. The summed E-state index contributed by atoms with van der Waals surface area (Å²) in [6.07, 6.45) is 9.92. The molecule has 2 unspecified atom stereocenters. The van der Waals surface area contributed by atoms with Crippen molar-refractivity contribution in [3.05, 3.63) is 24.8 Å². The quantitative estimate of drug-likeness (QED) is 0.0208. The molecule has 7 atom stereocenters. The number of hydrogen-bond donors (Lipinski definition) is 9. The molecular formula is C39H66N7O18P3S. The number of phosphoric ester groups is 3. The van der Waals surface area contributed by atoms with Gasteiger partial charge in [0.2, 0.25) is 11.8 Å². The van der Waals surface area contributed by atoms with Crippen molar-refractivity contribution in [1.29, 1.82) is 0 Å². The third kappa shape index (κ3) is 21.5. The molecule has 0 aromatic carbocycles. The second-order valence-corrected chi connectivity index (χ2v) is 22.0. The Morgan fingerprint density at radius 1 is 0.912 bits per heavy atom. The van der Waals surface area contributed by atoms with Crippen LogP contribution >= 0.6 is 35.2 Å². The Balaban J connectivity index is 1.32. The summed E-state index contributed by atoms with van der Waals surface area (Å²) in [5.74, 6) is -1.42. The normalized spacial score (nSPS) is 20.0. The van der Waals surface area contributed by atoms with Crippen LogP contribution in [0.4, 0.5) is 5.82 Å². The maximum Gasteiger partial charge on any atom is 0.481 e. The fourth-order valence-electron chi connectivity index (χ4n) is 6.63. The van der Waals surface area contributed by atoms with Crippen LogP contribution in [-0.4, -0.2) is 128 Å². The molecule has 29 heteroatoms. The number of thioether (sulfide) groups is 1. The molecule has 2 aromatic rings. The molecule has 0 bridgehead atoms. The molecule has 2 amide bonds. The Labute approximate surface area is 398 Å². The van der Waals surface area contributed by atoms with Crippen molar-refractivity contribution >= 4 is 74.9 Å². The van der Waals surface area contributed by atoms with Gasteiger partial charge in [-0.2, -0.15) is 4.31 Å². The van der Waals surface area contributed by atoms with Gasteiger partial charge < -0.3 is 50.9 Å². The number of nitrogen functional groups attached to an aromatic ring is 1. The Hall–Kier alpha value is -3.03. The van der Waals surface area contributed by atoms with E-state index in [1.165, 1.54) is 52.4 Å². The van der Waals surface area contributed by atoms with E-state index in [0.717, 1.165) is 61.1 Å². The van der Waals surface area contributed by atoms with Gasteiger partial charge in [0.1, 0.15) is 42.0 Å². The van der Waals surface area contributed by atoms with Crippen LogP contribution in [0.25, 0.3) is 11.2 Å². The minimum absolute atomic E-state index is 0.0255. The molecule has 0 aliphatic carbocycles. The third-order valence-corrected chi connectivity index (χ3v) is 14.3. The van der Waals surface area contributed by atoms with Gasteiger partial charge in [0, 0.05) is 37.1 Å². The maximum absolute atomic E-state index is 12.7. The van der Waals surface area contributed by atoms with Crippen molar-refractivity contribution in [1.82, 2.24) is 30.2 Å². The maximum atomic E-state index is 12.7. The van der Waals surface area contributed by atoms with E-state index in [1.807, 2.05) is 0 Å². The molecular weight excluding hydrogens is 979 g/mol. The highest BCUT2D eigenvalue weighted by Crippen LogP contribution is 2.61. The number of imidazole rings is 1. The summed E-state index contributed by atoms with van der Waals surface area (Å²) in [6.45, 7) is 2.54. The number of hydrogen-bond acceptors (Lipinski definition) is 19. The number of amides is 2. The van der Waals surface area contributed by atoms with Crippen molar-refractivity contribution in [2.45, 2.75) is 141 Å². The number of allylic oxidation sites excluding steroid dienone is 2. The zero-order valence-electron chi connectivity index (χ0n) is 38.3. The van der Waals surface area contributed by atoms with E-state index in [9.17, 15) is 62.7 Å². The van der Waals surface area contributed by atoms with E-state index < -0.39 is 84.6 Å². The molecule has 0 radical (unpaired) electrons. The number of nitrogens with one attached hydrogen (secondary N) is 2. The Kier molecular flexibility index (Phi) is 25.0. The van der Waals surface area contributed by atoms with E-state index >= 15 is 0 Å². The number of carbonyl (C=O) groups is 4. The first-order valence-corrected chi connectivity index (χ1v) is 27.7. The number of unbranched alkanes of at least 4 members (excludes halogenated alkanes) is 9. The zero-order valence-corrected chi connectivity index (χ0v) is 41.8. The van der Waals surface area contributed by atoms with Crippen molar-refractivity contribution in [2.24, 2.45) is 5.41 Å². The number of aliphatic hydroxyl groups is 2. The van der Waals surface area contributed by atoms with Gasteiger partial charge in [-0.1, -0.05) is 83.2 Å². The largest absolute Gasteiger partial charge is 0.481 e. The summed E-state index contributed by atoms with van der Waals surface area (Å²) >= 11 is 0.931. The number of aliphatic hydroxyl groups excluding tert-OH is 2. The number of fused-ring (bicyclic) bond motifs is 1. The van der Waals surface area contributed by atoms with Crippen LogP contribution in [0.5, 0.6) is 0 Å². The molecule has 1 aliphatic rings. The number of anilines is 1.